The van der Waals surface area contributed by atoms with E-state index in [1.807, 2.05) is 0 Å². The van der Waals surface area contributed by atoms with Gasteiger partial charge in [0, 0.05) is 0 Å². The minimum absolute atomic E-state index is 0. The maximum Gasteiger partial charge on any atom is 1.00 e. The zero-order chi connectivity index (χ0) is 0. The molecular weight excluding hydrogens is 110 g/mol. The van der Waals surface area contributed by atoms with Gasteiger partial charge in [0.25, 0.3) is 0 Å². The minimum atomic E-state index is 0. The molecule has 0 aromatic carbocycles. The van der Waals surface area contributed by atoms with E-state index in [9.17, 15) is 0 Å². The van der Waals surface area contributed by atoms with Crippen LogP contribution in [0.1, 0.15) is 0 Å². The molecule has 0 atom stereocenters. The van der Waals surface area contributed by atoms with Crippen LogP contribution in [0.5, 0.6) is 0 Å². The van der Waals surface area contributed by atoms with Crippen molar-refractivity contribution in [2.75, 3.05) is 0 Å². The van der Waals surface area contributed by atoms with Crippen LogP contribution in [0.2, 0.25) is 0 Å². The largest absolute Gasteiger partial charge is 1.00 e. The molecule has 0 heterocycles. The van der Waals surface area contributed by atoms with Crippen LogP contribution in [-0.4, -0.2) is 11.0 Å². The van der Waals surface area contributed by atoms with Crippen molar-refractivity contribution in [3.8, 4) is 0 Å². The molecule has 5 heavy (non-hydrogen) atoms. The van der Waals surface area contributed by atoms with Gasteiger partial charge in [-0.1, -0.05) is 0 Å². The second-order valence-electron chi connectivity index (χ2n) is 0. The van der Waals surface area contributed by atoms with E-state index in [4.69, 9.17) is 0 Å². The summed E-state index contributed by atoms with van der Waals surface area (Å²) in [5, 5.41) is 0. The van der Waals surface area contributed by atoms with E-state index in [0.29, 0.717) is 0 Å². The van der Waals surface area contributed by atoms with Gasteiger partial charge in [0.1, 0.15) is 0 Å². The van der Waals surface area contributed by atoms with E-state index in [-0.39, 0.29) is 83.6 Å². The Bertz CT molecular complexity index is 7.61. The Balaban J connectivity index is 0. The number of hydrogen-bond acceptors (Lipinski definition) is 1. The third-order valence-corrected chi connectivity index (χ3v) is 0. The van der Waals surface area contributed by atoms with Crippen LogP contribution in [0, 0.1) is 0 Å². The fourth-order valence-electron chi connectivity index (χ4n) is 0. The number of hydrogen-bond donors (Lipinski definition) is 0. The maximum absolute atomic E-state index is 0. The Morgan fingerprint density at radius 2 is 0.600 bits per heavy atom. The molecule has 0 aliphatic heterocycles. The summed E-state index contributed by atoms with van der Waals surface area (Å²) in [5.74, 6) is 0. The van der Waals surface area contributed by atoms with Crippen LogP contribution in [0.3, 0.4) is 0 Å². The quantitative estimate of drug-likeness (QED) is 0.176. The normalized spacial score (nSPS) is 0. The monoisotopic (exact) mass is 115 g/mol. The fraction of sp³-hybridized carbons (Fsp3) is 0. The van der Waals surface area contributed by atoms with Crippen LogP contribution >= 0.6 is 0 Å². The first-order chi connectivity index (χ1) is 0. The molecule has 0 radical (unpaired) electrons. The molecule has 0 aromatic rings. The standard InChI is InChI=1S/2Na.2H2O.H2S/h;;3*1H2/q2*+1;;;/p-1. The molecule has 0 saturated carbocycles. The predicted octanol–water partition coefficient (Wildman–Crippen LogP) is -7.91. The molecule has 0 aliphatic rings. The van der Waals surface area contributed by atoms with Gasteiger partial charge >= 0.3 is 59.1 Å². The Morgan fingerprint density at radius 1 is 0.600 bits per heavy atom. The Kier molecular flexibility index (Phi) is 375. The molecule has 0 aromatic heterocycles. The van der Waals surface area contributed by atoms with Crippen LogP contribution in [0.4, 0.5) is 0 Å². The summed E-state index contributed by atoms with van der Waals surface area (Å²) in [7, 11) is 0. The minimum Gasteiger partial charge on any atom is -0.813 e. The van der Waals surface area contributed by atoms with E-state index < -0.39 is 0 Å². The molecule has 5 heteroatoms. The topological polar surface area (TPSA) is 63.0 Å². The molecule has 0 rings (SSSR count). The summed E-state index contributed by atoms with van der Waals surface area (Å²) < 4.78 is 0. The van der Waals surface area contributed by atoms with Gasteiger partial charge in [0.05, 0.1) is 0 Å². The average Bonchev–Trinajstić information content (AvgIpc) is 0. The van der Waals surface area contributed by atoms with Crippen molar-refractivity contribution in [3.63, 3.8) is 0 Å². The van der Waals surface area contributed by atoms with E-state index in [1.54, 1.807) is 0 Å². The number of rotatable bonds is 0. The van der Waals surface area contributed by atoms with E-state index >= 15 is 0 Å². The van der Waals surface area contributed by atoms with E-state index in [2.05, 4.69) is 0 Å². The molecule has 0 spiro atoms. The van der Waals surface area contributed by atoms with Crippen molar-refractivity contribution in [2.45, 2.75) is 0 Å². The molecule has 0 unspecified atom stereocenters. The molecule has 0 aliphatic carbocycles. The molecular formula is H5Na2O2S+. The second kappa shape index (κ2) is 33.8. The number of thiol groups is 1. The van der Waals surface area contributed by atoms with Gasteiger partial charge in [0.15, 0.2) is 0 Å². The maximum atomic E-state index is 0. The van der Waals surface area contributed by atoms with Crippen molar-refractivity contribution < 1.29 is 70.1 Å². The van der Waals surface area contributed by atoms with Gasteiger partial charge in [-0.3, -0.25) is 0 Å². The summed E-state index contributed by atoms with van der Waals surface area (Å²) in [6, 6.07) is 0. The molecule has 0 bridgehead atoms. The van der Waals surface area contributed by atoms with Crippen molar-refractivity contribution >= 4 is 13.5 Å². The average molecular weight is 115 g/mol. The van der Waals surface area contributed by atoms with Crippen molar-refractivity contribution in [3.05, 3.63) is 0 Å². The summed E-state index contributed by atoms with van der Waals surface area (Å²) in [5.41, 5.74) is 0. The van der Waals surface area contributed by atoms with Gasteiger partial charge in [-0.15, -0.1) is 0 Å². The SMILES string of the molecule is O.O.[Na+].[Na+].[SH-]. The smallest absolute Gasteiger partial charge is 0.813 e. The summed E-state index contributed by atoms with van der Waals surface area (Å²) in [6.07, 6.45) is 0. The van der Waals surface area contributed by atoms with Gasteiger partial charge in [-0.05, 0) is 0 Å². The first kappa shape index (κ1) is 55.5. The van der Waals surface area contributed by atoms with Crippen LogP contribution < -0.4 is 59.1 Å². The van der Waals surface area contributed by atoms with Gasteiger partial charge < -0.3 is 24.4 Å². The third-order valence-electron chi connectivity index (χ3n) is 0. The van der Waals surface area contributed by atoms with Gasteiger partial charge in [-0.2, -0.15) is 0 Å². The van der Waals surface area contributed by atoms with Crippen LogP contribution in [0.15, 0.2) is 0 Å². The molecule has 4 N–H and O–H groups in total. The fourth-order valence-corrected chi connectivity index (χ4v) is 0. The summed E-state index contributed by atoms with van der Waals surface area (Å²) in [6.45, 7) is 0. The second-order valence-corrected chi connectivity index (χ2v) is 0. The van der Waals surface area contributed by atoms with Gasteiger partial charge in [-0.25, -0.2) is 0 Å². The van der Waals surface area contributed by atoms with E-state index in [0.717, 1.165) is 0 Å². The molecule has 24 valence electrons. The molecule has 0 saturated heterocycles. The molecule has 2 nitrogen and oxygen atoms in total. The summed E-state index contributed by atoms with van der Waals surface area (Å²) in [4.78, 5) is 0. The Hall–Kier alpha value is 2.27. The van der Waals surface area contributed by atoms with Crippen molar-refractivity contribution in [1.29, 1.82) is 0 Å². The summed E-state index contributed by atoms with van der Waals surface area (Å²) >= 11 is 0. The zero-order valence-corrected chi connectivity index (χ0v) is 8.34. The van der Waals surface area contributed by atoms with Crippen LogP contribution in [-0.2, 0) is 13.5 Å². The first-order valence-electron chi connectivity index (χ1n) is 0. The molecule has 0 fully saturated rings. The van der Waals surface area contributed by atoms with Gasteiger partial charge in [0.2, 0.25) is 0 Å². The third kappa shape index (κ3) is 22.2. The Morgan fingerprint density at radius 3 is 0.600 bits per heavy atom. The van der Waals surface area contributed by atoms with Crippen molar-refractivity contribution in [1.82, 2.24) is 0 Å². The first-order valence-corrected chi connectivity index (χ1v) is 0. The predicted molar refractivity (Wildman–Crippen MR) is 16.0 cm³/mol. The van der Waals surface area contributed by atoms with E-state index in [1.165, 1.54) is 0 Å². The van der Waals surface area contributed by atoms with Crippen LogP contribution in [0.25, 0.3) is 0 Å². The zero-order valence-electron chi connectivity index (χ0n) is 3.45. The van der Waals surface area contributed by atoms with Crippen molar-refractivity contribution in [2.24, 2.45) is 0 Å². The Labute approximate surface area is 82.3 Å². The molecule has 0 amide bonds.